The summed E-state index contributed by atoms with van der Waals surface area (Å²) >= 11 is 0. The molecule has 0 atom stereocenters. The average Bonchev–Trinajstić information content (AvgIpc) is 2.90. The quantitative estimate of drug-likeness (QED) is 0.0776. The van der Waals surface area contributed by atoms with Gasteiger partial charge in [-0.1, -0.05) is 97.1 Å². The van der Waals surface area contributed by atoms with Crippen molar-refractivity contribution < 1.29 is 0 Å². The third-order valence-corrected chi connectivity index (χ3v) is 6.52. The summed E-state index contributed by atoms with van der Waals surface area (Å²) in [5.74, 6) is -0.113. The van der Waals surface area contributed by atoms with Crippen LogP contribution in [0.3, 0.4) is 0 Å². The molecule has 0 spiro atoms. The van der Waals surface area contributed by atoms with Crippen LogP contribution >= 0.6 is 49.6 Å². The molecule has 0 aliphatic heterocycles. The van der Waals surface area contributed by atoms with Gasteiger partial charge in [-0.05, 0) is 22.3 Å². The molecule has 4 aromatic carbocycles. The fraction of sp³-hybridized carbons (Fsp3) is 0.0345. The number of rotatable bonds is 8. The molecule has 0 heterocycles. The van der Waals surface area contributed by atoms with Gasteiger partial charge >= 0.3 is 0 Å². The summed E-state index contributed by atoms with van der Waals surface area (Å²) in [6.07, 6.45) is 0. The van der Waals surface area contributed by atoms with Gasteiger partial charge in [0.15, 0.2) is 0 Å². The molecule has 12 N–H and O–H groups in total. The zero-order chi connectivity index (χ0) is 26.7. The average molecular weight is 634 g/mol. The van der Waals surface area contributed by atoms with Crippen LogP contribution in [0, 0.1) is 21.6 Å². The molecule has 41 heavy (non-hydrogen) atoms. The number of hydrogen-bond acceptors (Lipinski definition) is 4. The molecule has 0 saturated heterocycles. The lowest BCUT2D eigenvalue weighted by molar-refractivity contribution is 0.744. The van der Waals surface area contributed by atoms with Gasteiger partial charge in [-0.3, -0.25) is 21.6 Å². The van der Waals surface area contributed by atoms with Crippen LogP contribution in [0.25, 0.3) is 0 Å². The lowest BCUT2D eigenvalue weighted by Crippen LogP contribution is -2.31. The maximum Gasteiger partial charge on any atom is 0.122 e. The molecule has 12 heteroatoms. The smallest absolute Gasteiger partial charge is 0.122 e. The highest BCUT2D eigenvalue weighted by Crippen LogP contribution is 2.45. The van der Waals surface area contributed by atoms with Crippen LogP contribution < -0.4 is 22.9 Å². The van der Waals surface area contributed by atoms with Gasteiger partial charge in [0.1, 0.15) is 23.3 Å². The van der Waals surface area contributed by atoms with Crippen LogP contribution in [-0.4, -0.2) is 23.3 Å². The summed E-state index contributed by atoms with van der Waals surface area (Å²) in [6.45, 7) is 0. The van der Waals surface area contributed by atoms with E-state index in [1.807, 2.05) is 97.1 Å². The summed E-state index contributed by atoms with van der Waals surface area (Å²) in [5.41, 5.74) is 28.1. The number of nitrogens with two attached hydrogens (primary N) is 4. The Morgan fingerprint density at radius 2 is 0.488 bits per heavy atom. The molecule has 4 rings (SSSR count). The normalized spacial score (nSPS) is 11.1. The minimum absolute atomic E-state index is 0. The maximum absolute atomic E-state index is 7.83. The Bertz CT molecular complexity index is 1270. The molecule has 0 unspecified atom stereocenters. The maximum atomic E-state index is 7.83. The van der Waals surface area contributed by atoms with Gasteiger partial charge in [0.2, 0.25) is 0 Å². The van der Waals surface area contributed by atoms with Crippen LogP contribution in [0.15, 0.2) is 97.1 Å². The number of benzene rings is 4. The predicted octanol–water partition coefficient (Wildman–Crippen LogP) is 4.89. The Labute approximate surface area is 263 Å². The van der Waals surface area contributed by atoms with E-state index in [0.29, 0.717) is 22.3 Å². The van der Waals surface area contributed by atoms with Gasteiger partial charge in [-0.15, -0.1) is 49.6 Å². The van der Waals surface area contributed by atoms with Crippen LogP contribution in [0.2, 0.25) is 0 Å². The Morgan fingerprint density at radius 1 is 0.341 bits per heavy atom. The van der Waals surface area contributed by atoms with Crippen molar-refractivity contribution in [2.24, 2.45) is 22.9 Å². The zero-order valence-corrected chi connectivity index (χ0v) is 24.9. The summed E-state index contributed by atoms with van der Waals surface area (Å²) in [6, 6.07) is 30.0. The molecule has 0 fully saturated rings. The summed E-state index contributed by atoms with van der Waals surface area (Å²) in [5, 5.41) is 31.3. The number of hydrogen-bond donors (Lipinski definition) is 8. The van der Waals surface area contributed by atoms with Crippen LogP contribution in [0.5, 0.6) is 0 Å². The first-order chi connectivity index (χ1) is 17.6. The van der Waals surface area contributed by atoms with E-state index >= 15 is 0 Å². The molecule has 8 nitrogen and oxygen atoms in total. The second kappa shape index (κ2) is 15.1. The highest BCUT2D eigenvalue weighted by atomic mass is 35.5. The van der Waals surface area contributed by atoms with E-state index in [0.717, 1.165) is 22.3 Å². The molecular weight excluding hydrogens is 602 g/mol. The Kier molecular flexibility index (Phi) is 13.6. The van der Waals surface area contributed by atoms with Crippen molar-refractivity contribution in [3.05, 3.63) is 142 Å². The van der Waals surface area contributed by atoms with Gasteiger partial charge < -0.3 is 22.9 Å². The lowest BCUT2D eigenvalue weighted by atomic mass is 9.64. The van der Waals surface area contributed by atoms with Crippen molar-refractivity contribution in [2.45, 2.75) is 5.41 Å². The topological polar surface area (TPSA) is 199 Å². The summed E-state index contributed by atoms with van der Waals surface area (Å²) in [7, 11) is 0. The molecular formula is C29H32Cl4N8. The molecule has 0 amide bonds. The molecule has 0 aliphatic rings. The molecule has 4 aromatic rings. The van der Waals surface area contributed by atoms with E-state index in [2.05, 4.69) is 0 Å². The van der Waals surface area contributed by atoms with Gasteiger partial charge in [0, 0.05) is 22.3 Å². The highest BCUT2D eigenvalue weighted by Gasteiger charge is 2.38. The second-order valence-electron chi connectivity index (χ2n) is 8.71. The molecule has 0 radical (unpaired) electrons. The Morgan fingerprint density at radius 3 is 0.610 bits per heavy atom. The van der Waals surface area contributed by atoms with E-state index in [-0.39, 0.29) is 73.0 Å². The van der Waals surface area contributed by atoms with E-state index in [1.54, 1.807) is 0 Å². The predicted molar refractivity (Wildman–Crippen MR) is 178 cm³/mol. The standard InChI is InChI=1S/C29H28N8.4ClH/c30-25(31)17-1-9-21(10-2-17)29(22-11-3-18(4-12-22)26(32)33,23-13-5-19(6-14-23)27(34)35)24-15-7-20(8-16-24)28(36)37;;;;/h1-16H,(H3,30,31)(H3,32,33)(H3,34,35)(H3,36,37);4*1H. The SMILES string of the molecule is Cl.Cl.Cl.Cl.N=C(N)c1ccc(C(c2ccc(C(=N)N)cc2)(c2ccc(C(=N)N)cc2)c2ccc(C(=N)N)cc2)cc1. The number of halogens is 4. The second-order valence-corrected chi connectivity index (χ2v) is 8.71. The third kappa shape index (κ3) is 7.17. The summed E-state index contributed by atoms with van der Waals surface area (Å²) in [4.78, 5) is 0. The molecule has 0 aliphatic carbocycles. The zero-order valence-electron chi connectivity index (χ0n) is 21.7. The lowest BCUT2D eigenvalue weighted by Gasteiger charge is -2.37. The van der Waals surface area contributed by atoms with E-state index in [4.69, 9.17) is 44.6 Å². The minimum atomic E-state index is -0.852. The largest absolute Gasteiger partial charge is 0.384 e. The first kappa shape index (κ1) is 36.9. The van der Waals surface area contributed by atoms with Crippen molar-refractivity contribution in [3.63, 3.8) is 0 Å². The Balaban J connectivity index is 0.00000400. The molecule has 216 valence electrons. The number of amidine groups is 4. The van der Waals surface area contributed by atoms with E-state index in [9.17, 15) is 0 Å². The van der Waals surface area contributed by atoms with E-state index < -0.39 is 5.41 Å². The first-order valence-electron chi connectivity index (χ1n) is 11.4. The highest BCUT2D eigenvalue weighted by molar-refractivity contribution is 5.97. The van der Waals surface area contributed by atoms with Crippen molar-refractivity contribution in [1.29, 1.82) is 21.6 Å². The van der Waals surface area contributed by atoms with Crippen molar-refractivity contribution >= 4 is 73.0 Å². The molecule has 0 bridgehead atoms. The molecule has 0 saturated carbocycles. The van der Waals surface area contributed by atoms with E-state index in [1.165, 1.54) is 0 Å². The number of nitrogens with one attached hydrogen (secondary N) is 4. The van der Waals surface area contributed by atoms with Gasteiger partial charge in [-0.25, -0.2) is 0 Å². The van der Waals surface area contributed by atoms with Crippen LogP contribution in [-0.2, 0) is 5.41 Å². The summed E-state index contributed by atoms with van der Waals surface area (Å²) < 4.78 is 0. The minimum Gasteiger partial charge on any atom is -0.384 e. The van der Waals surface area contributed by atoms with Crippen molar-refractivity contribution in [2.75, 3.05) is 0 Å². The van der Waals surface area contributed by atoms with Gasteiger partial charge in [0.05, 0.1) is 5.41 Å². The third-order valence-electron chi connectivity index (χ3n) is 6.52. The fourth-order valence-electron chi connectivity index (χ4n) is 4.60. The van der Waals surface area contributed by atoms with Crippen molar-refractivity contribution in [1.82, 2.24) is 0 Å². The number of nitrogen functional groups attached to an aromatic ring is 4. The van der Waals surface area contributed by atoms with Crippen LogP contribution in [0.4, 0.5) is 0 Å². The fourth-order valence-corrected chi connectivity index (χ4v) is 4.60. The van der Waals surface area contributed by atoms with Gasteiger partial charge in [0.25, 0.3) is 0 Å². The van der Waals surface area contributed by atoms with Crippen molar-refractivity contribution in [3.8, 4) is 0 Å². The van der Waals surface area contributed by atoms with Gasteiger partial charge in [-0.2, -0.15) is 0 Å². The van der Waals surface area contributed by atoms with Crippen LogP contribution in [0.1, 0.15) is 44.5 Å². The Hall–Kier alpha value is -4.08. The molecule has 0 aromatic heterocycles. The first-order valence-corrected chi connectivity index (χ1v) is 11.4. The monoisotopic (exact) mass is 632 g/mol.